The molecule has 0 amide bonds. The maximum atomic E-state index is 13.2. The molecular weight excluding hydrogens is 386 g/mol. The van der Waals surface area contributed by atoms with Gasteiger partial charge in [0.05, 0.1) is 11.3 Å². The van der Waals surface area contributed by atoms with Crippen LogP contribution in [0.5, 0.6) is 5.75 Å². The monoisotopic (exact) mass is 411 g/mol. The first kappa shape index (κ1) is 19.4. The number of nitrogens with zero attached hydrogens (tertiary/aromatic N) is 2. The van der Waals surface area contributed by atoms with Gasteiger partial charge in [0.15, 0.2) is 0 Å². The van der Waals surface area contributed by atoms with Crippen LogP contribution in [0.4, 0.5) is 0 Å². The Kier molecular flexibility index (Phi) is 5.42. The van der Waals surface area contributed by atoms with E-state index in [1.165, 1.54) is 5.56 Å². The van der Waals surface area contributed by atoms with Crippen LogP contribution >= 0.6 is 0 Å². The molecule has 5 nitrogen and oxygen atoms in total. The summed E-state index contributed by atoms with van der Waals surface area (Å²) in [6, 6.07) is 28.1. The number of rotatable bonds is 6. The fourth-order valence-electron chi connectivity index (χ4n) is 4.07. The molecule has 0 radical (unpaired) electrons. The number of hydrogen-bond donors (Lipinski definition) is 1. The molecule has 0 bridgehead atoms. The number of hydrogen-bond acceptors (Lipinski definition) is 3. The van der Waals surface area contributed by atoms with E-state index >= 15 is 0 Å². The van der Waals surface area contributed by atoms with Gasteiger partial charge in [-0.15, -0.1) is 0 Å². The van der Waals surface area contributed by atoms with Crippen molar-refractivity contribution >= 4 is 0 Å². The molecule has 156 valence electrons. The standard InChI is InChI=1S/C26H25N3O2/c30-26-24-18-28(17-20-8-3-1-4-9-20)15-14-25(24)27-29(26)22-12-7-13-23(16-22)31-19-21-10-5-2-6-11-21/h1-13,16,27H,14-15,17-19H2. The molecule has 0 aliphatic carbocycles. The average Bonchev–Trinajstić information content (AvgIpc) is 3.15. The van der Waals surface area contributed by atoms with Crippen molar-refractivity contribution in [1.29, 1.82) is 0 Å². The second kappa shape index (κ2) is 8.66. The summed E-state index contributed by atoms with van der Waals surface area (Å²) in [6.07, 6.45) is 0.842. The Bertz CT molecular complexity index is 1210. The second-order valence-corrected chi connectivity index (χ2v) is 7.93. The summed E-state index contributed by atoms with van der Waals surface area (Å²) >= 11 is 0. The van der Waals surface area contributed by atoms with Gasteiger partial charge in [0, 0.05) is 37.8 Å². The Labute approximate surface area is 181 Å². The van der Waals surface area contributed by atoms with Crippen LogP contribution in [-0.4, -0.2) is 21.2 Å². The lowest BCUT2D eigenvalue weighted by molar-refractivity contribution is 0.244. The summed E-state index contributed by atoms with van der Waals surface area (Å²) < 4.78 is 7.59. The van der Waals surface area contributed by atoms with Crippen molar-refractivity contribution in [2.24, 2.45) is 0 Å². The molecule has 0 spiro atoms. The van der Waals surface area contributed by atoms with Crippen LogP contribution in [0.25, 0.3) is 5.69 Å². The van der Waals surface area contributed by atoms with Crippen molar-refractivity contribution in [2.45, 2.75) is 26.1 Å². The Hall–Kier alpha value is -3.57. The molecule has 0 fully saturated rings. The van der Waals surface area contributed by atoms with Gasteiger partial charge in [0.1, 0.15) is 12.4 Å². The summed E-state index contributed by atoms with van der Waals surface area (Å²) in [5, 5.41) is 3.33. The zero-order valence-electron chi connectivity index (χ0n) is 17.3. The van der Waals surface area contributed by atoms with E-state index in [-0.39, 0.29) is 5.56 Å². The molecule has 0 unspecified atom stereocenters. The fourth-order valence-corrected chi connectivity index (χ4v) is 4.07. The quantitative estimate of drug-likeness (QED) is 0.515. The largest absolute Gasteiger partial charge is 0.489 e. The summed E-state index contributed by atoms with van der Waals surface area (Å²) in [5.74, 6) is 0.742. The molecule has 1 aromatic heterocycles. The lowest BCUT2D eigenvalue weighted by atomic mass is 10.1. The summed E-state index contributed by atoms with van der Waals surface area (Å²) in [4.78, 5) is 15.5. The van der Waals surface area contributed by atoms with E-state index in [1.807, 2.05) is 60.7 Å². The molecule has 31 heavy (non-hydrogen) atoms. The third kappa shape index (κ3) is 4.32. The number of aromatic nitrogens is 2. The zero-order valence-corrected chi connectivity index (χ0v) is 17.3. The van der Waals surface area contributed by atoms with E-state index < -0.39 is 0 Å². The molecular formula is C26H25N3O2. The topological polar surface area (TPSA) is 50.3 Å². The van der Waals surface area contributed by atoms with Crippen LogP contribution in [0.2, 0.25) is 0 Å². The Morgan fingerprint density at radius 2 is 1.61 bits per heavy atom. The number of benzene rings is 3. The lowest BCUT2D eigenvalue weighted by Gasteiger charge is -2.25. The van der Waals surface area contributed by atoms with E-state index in [2.05, 4.69) is 34.3 Å². The van der Waals surface area contributed by atoms with E-state index in [1.54, 1.807) is 4.68 Å². The van der Waals surface area contributed by atoms with E-state index in [9.17, 15) is 4.79 Å². The molecule has 0 atom stereocenters. The number of aromatic amines is 1. The number of fused-ring (bicyclic) bond motifs is 1. The highest BCUT2D eigenvalue weighted by Crippen LogP contribution is 2.21. The molecule has 5 rings (SSSR count). The van der Waals surface area contributed by atoms with Gasteiger partial charge >= 0.3 is 0 Å². The summed E-state index contributed by atoms with van der Waals surface area (Å²) in [6.45, 7) is 2.95. The second-order valence-electron chi connectivity index (χ2n) is 7.93. The minimum atomic E-state index is 0.0213. The molecule has 2 heterocycles. The molecule has 1 aliphatic rings. The number of nitrogens with one attached hydrogen (secondary N) is 1. The van der Waals surface area contributed by atoms with Crippen LogP contribution in [0, 0.1) is 0 Å². The van der Waals surface area contributed by atoms with Crippen molar-refractivity contribution in [2.75, 3.05) is 6.54 Å². The lowest BCUT2D eigenvalue weighted by Crippen LogP contribution is -2.32. The third-order valence-corrected chi connectivity index (χ3v) is 5.71. The first-order valence-corrected chi connectivity index (χ1v) is 10.6. The van der Waals surface area contributed by atoms with Gasteiger partial charge in [0.25, 0.3) is 5.56 Å². The number of ether oxygens (including phenoxy) is 1. The smallest absolute Gasteiger partial charge is 0.275 e. The highest BCUT2D eigenvalue weighted by Gasteiger charge is 2.23. The van der Waals surface area contributed by atoms with Gasteiger partial charge in [-0.2, -0.15) is 0 Å². The maximum absolute atomic E-state index is 13.2. The van der Waals surface area contributed by atoms with Crippen molar-refractivity contribution in [3.05, 3.63) is 118 Å². The predicted octanol–water partition coefficient (Wildman–Crippen LogP) is 4.30. The van der Waals surface area contributed by atoms with Crippen molar-refractivity contribution in [3.8, 4) is 11.4 Å². The van der Waals surface area contributed by atoms with E-state index in [0.717, 1.165) is 47.8 Å². The molecule has 5 heteroatoms. The summed E-state index contributed by atoms with van der Waals surface area (Å²) in [7, 11) is 0. The van der Waals surface area contributed by atoms with Crippen LogP contribution < -0.4 is 10.3 Å². The van der Waals surface area contributed by atoms with Gasteiger partial charge in [-0.05, 0) is 23.3 Å². The fraction of sp³-hybridized carbons (Fsp3) is 0.192. The van der Waals surface area contributed by atoms with Crippen LogP contribution in [0.1, 0.15) is 22.4 Å². The van der Waals surface area contributed by atoms with Crippen molar-refractivity contribution in [1.82, 2.24) is 14.7 Å². The molecule has 1 N–H and O–H groups in total. The molecule has 1 aliphatic heterocycles. The van der Waals surface area contributed by atoms with Gasteiger partial charge in [0.2, 0.25) is 0 Å². The highest BCUT2D eigenvalue weighted by molar-refractivity contribution is 5.40. The Morgan fingerprint density at radius 1 is 0.871 bits per heavy atom. The first-order valence-electron chi connectivity index (χ1n) is 10.6. The predicted molar refractivity (Wildman–Crippen MR) is 121 cm³/mol. The SMILES string of the molecule is O=c1c2c([nH]n1-c1cccc(OCc3ccccc3)c1)CCN(Cc1ccccc1)C2. The zero-order chi connectivity index (χ0) is 21.0. The Morgan fingerprint density at radius 3 is 2.39 bits per heavy atom. The Balaban J connectivity index is 1.33. The van der Waals surface area contributed by atoms with Gasteiger partial charge in [-0.1, -0.05) is 66.7 Å². The van der Waals surface area contributed by atoms with E-state index in [0.29, 0.717) is 13.2 Å². The van der Waals surface area contributed by atoms with Crippen molar-refractivity contribution < 1.29 is 4.74 Å². The molecule has 0 saturated carbocycles. The third-order valence-electron chi connectivity index (χ3n) is 5.71. The first-order chi connectivity index (χ1) is 15.3. The minimum Gasteiger partial charge on any atom is -0.489 e. The maximum Gasteiger partial charge on any atom is 0.275 e. The van der Waals surface area contributed by atoms with E-state index in [4.69, 9.17) is 4.74 Å². The summed E-state index contributed by atoms with van der Waals surface area (Å²) in [5.41, 5.74) is 5.08. The van der Waals surface area contributed by atoms with Crippen LogP contribution in [0.3, 0.4) is 0 Å². The molecule has 0 saturated heterocycles. The number of H-pyrrole nitrogens is 1. The average molecular weight is 412 g/mol. The van der Waals surface area contributed by atoms with Crippen molar-refractivity contribution in [3.63, 3.8) is 0 Å². The normalized spacial score (nSPS) is 13.7. The van der Waals surface area contributed by atoms with Crippen LogP contribution in [-0.2, 0) is 26.1 Å². The van der Waals surface area contributed by atoms with Gasteiger partial charge in [-0.3, -0.25) is 14.8 Å². The van der Waals surface area contributed by atoms with Gasteiger partial charge in [-0.25, -0.2) is 4.68 Å². The molecule has 4 aromatic rings. The van der Waals surface area contributed by atoms with Gasteiger partial charge < -0.3 is 4.74 Å². The molecule has 3 aromatic carbocycles. The van der Waals surface area contributed by atoms with Crippen LogP contribution in [0.15, 0.2) is 89.7 Å². The minimum absolute atomic E-state index is 0.0213. The highest BCUT2D eigenvalue weighted by atomic mass is 16.5.